The van der Waals surface area contributed by atoms with Gasteiger partial charge < -0.3 is 20.7 Å². The fourth-order valence-electron chi connectivity index (χ4n) is 4.82. The van der Waals surface area contributed by atoms with E-state index in [2.05, 4.69) is 15.3 Å². The maximum atomic E-state index is 15.1. The molecule has 0 atom stereocenters. The number of benzene rings is 1. The zero-order valence-corrected chi connectivity index (χ0v) is 21.4. The number of nitrogens with two attached hydrogens (primary N) is 1. The van der Waals surface area contributed by atoms with Crippen LogP contribution in [-0.2, 0) is 11.4 Å². The van der Waals surface area contributed by atoms with Gasteiger partial charge in [0.2, 0.25) is 5.91 Å². The van der Waals surface area contributed by atoms with Gasteiger partial charge in [0.05, 0.1) is 15.8 Å². The van der Waals surface area contributed by atoms with Crippen LogP contribution in [0.2, 0.25) is 10.0 Å². The van der Waals surface area contributed by atoms with E-state index >= 15 is 4.39 Å². The highest BCUT2D eigenvalue weighted by molar-refractivity contribution is 6.35. The first-order valence-corrected chi connectivity index (χ1v) is 12.6. The molecule has 2 aliphatic rings. The maximum absolute atomic E-state index is 15.1. The van der Waals surface area contributed by atoms with Crippen LogP contribution in [0.15, 0.2) is 42.9 Å². The highest BCUT2D eigenvalue weighted by Gasteiger charge is 2.40. The SMILES string of the molecule is N=C(c1cnc(N2CCC3(CCC(=O)N3)CC2)c(F)c1)c1cc(OCc2c(Cl)cncc2Cl)ccc1N. The zero-order chi connectivity index (χ0) is 26.2. The lowest BCUT2D eigenvalue weighted by Gasteiger charge is -2.39. The van der Waals surface area contributed by atoms with E-state index in [0.29, 0.717) is 57.7 Å². The molecule has 3 aromatic rings. The first kappa shape index (κ1) is 25.2. The van der Waals surface area contributed by atoms with Gasteiger partial charge in [-0.2, -0.15) is 0 Å². The molecule has 0 unspecified atom stereocenters. The molecule has 8 nitrogen and oxygen atoms in total. The number of hydrogen-bond acceptors (Lipinski definition) is 7. The summed E-state index contributed by atoms with van der Waals surface area (Å²) in [5.41, 5.74) is 7.60. The van der Waals surface area contributed by atoms with E-state index < -0.39 is 5.82 Å². The highest BCUT2D eigenvalue weighted by atomic mass is 35.5. The summed E-state index contributed by atoms with van der Waals surface area (Å²) in [6.07, 6.45) is 7.30. The summed E-state index contributed by atoms with van der Waals surface area (Å²) in [5, 5.41) is 12.5. The van der Waals surface area contributed by atoms with Crippen molar-refractivity contribution < 1.29 is 13.9 Å². The molecule has 0 aliphatic carbocycles. The molecule has 0 radical (unpaired) electrons. The predicted octanol–water partition coefficient (Wildman–Crippen LogP) is 4.75. The highest BCUT2D eigenvalue weighted by Crippen LogP contribution is 2.34. The molecular weight excluding hydrogens is 518 g/mol. The molecule has 0 bridgehead atoms. The van der Waals surface area contributed by atoms with Crippen molar-refractivity contribution in [2.24, 2.45) is 0 Å². The Morgan fingerprint density at radius 3 is 2.54 bits per heavy atom. The molecule has 4 N–H and O–H groups in total. The molecule has 5 rings (SSSR count). The van der Waals surface area contributed by atoms with Gasteiger partial charge in [0.1, 0.15) is 12.4 Å². The van der Waals surface area contributed by atoms with Crippen LogP contribution in [0.4, 0.5) is 15.9 Å². The number of anilines is 2. The van der Waals surface area contributed by atoms with Crippen molar-refractivity contribution in [3.63, 3.8) is 0 Å². The maximum Gasteiger partial charge on any atom is 0.220 e. The van der Waals surface area contributed by atoms with Crippen molar-refractivity contribution in [1.82, 2.24) is 15.3 Å². The molecule has 2 fully saturated rings. The first-order chi connectivity index (χ1) is 17.7. The summed E-state index contributed by atoms with van der Waals surface area (Å²) in [5.74, 6) is 0.261. The van der Waals surface area contributed by atoms with Crippen molar-refractivity contribution in [3.05, 3.63) is 75.4 Å². The Morgan fingerprint density at radius 1 is 1.16 bits per heavy atom. The van der Waals surface area contributed by atoms with Gasteiger partial charge in [-0.05, 0) is 43.5 Å². The summed E-state index contributed by atoms with van der Waals surface area (Å²) in [6.45, 7) is 1.29. The van der Waals surface area contributed by atoms with Gasteiger partial charge >= 0.3 is 0 Å². The van der Waals surface area contributed by atoms with Gasteiger partial charge in [-0.25, -0.2) is 9.37 Å². The Bertz CT molecular complexity index is 1360. The lowest BCUT2D eigenvalue weighted by molar-refractivity contribution is -0.119. The Balaban J connectivity index is 1.29. The van der Waals surface area contributed by atoms with E-state index in [1.54, 1.807) is 18.2 Å². The van der Waals surface area contributed by atoms with Crippen LogP contribution < -0.4 is 20.7 Å². The minimum absolute atomic E-state index is 0.0205. The van der Waals surface area contributed by atoms with E-state index in [0.717, 1.165) is 19.3 Å². The number of aromatic nitrogens is 2. The number of amides is 1. The van der Waals surface area contributed by atoms with E-state index in [9.17, 15) is 4.79 Å². The van der Waals surface area contributed by atoms with Crippen LogP contribution >= 0.6 is 23.2 Å². The number of nitrogen functional groups attached to an aromatic ring is 1. The molecule has 1 aromatic carbocycles. The standard InChI is InChI=1S/C26H25Cl2FN6O2/c27-19-12-32-13-20(28)18(19)14-37-16-1-2-22(30)17(10-16)24(31)15-9-21(29)25(33-11-15)35-7-5-26(6-8-35)4-3-23(36)34-26/h1-2,9-13,31H,3-8,14,30H2,(H,34,36). The third kappa shape index (κ3) is 5.19. The zero-order valence-electron chi connectivity index (χ0n) is 19.9. The molecule has 1 spiro atoms. The number of carbonyl (C=O) groups is 1. The second kappa shape index (κ2) is 10.1. The number of hydrogen-bond donors (Lipinski definition) is 3. The summed E-state index contributed by atoms with van der Waals surface area (Å²) in [7, 11) is 0. The van der Waals surface area contributed by atoms with Crippen molar-refractivity contribution >= 4 is 46.3 Å². The second-order valence-corrected chi connectivity index (χ2v) is 10.2. The van der Waals surface area contributed by atoms with Crippen LogP contribution in [0.3, 0.4) is 0 Å². The number of ether oxygens (including phenoxy) is 1. The largest absolute Gasteiger partial charge is 0.489 e. The number of nitrogens with zero attached hydrogens (tertiary/aromatic N) is 3. The summed E-state index contributed by atoms with van der Waals surface area (Å²) in [4.78, 5) is 21.8. The Labute approximate surface area is 223 Å². The fraction of sp³-hybridized carbons (Fsp3) is 0.308. The third-order valence-corrected chi connectivity index (χ3v) is 7.65. The van der Waals surface area contributed by atoms with E-state index in [1.165, 1.54) is 24.7 Å². The second-order valence-electron chi connectivity index (χ2n) is 9.34. The molecule has 2 aromatic heterocycles. The molecule has 192 valence electrons. The van der Waals surface area contributed by atoms with E-state index in [4.69, 9.17) is 39.1 Å². The molecule has 11 heteroatoms. The van der Waals surface area contributed by atoms with Gasteiger partial charge in [0, 0.05) is 66.0 Å². The molecule has 37 heavy (non-hydrogen) atoms. The quantitative estimate of drug-likeness (QED) is 0.305. The monoisotopic (exact) mass is 542 g/mol. The summed E-state index contributed by atoms with van der Waals surface area (Å²) < 4.78 is 21.0. The first-order valence-electron chi connectivity index (χ1n) is 11.9. The van der Waals surface area contributed by atoms with Gasteiger partial charge in [-0.15, -0.1) is 0 Å². The Morgan fingerprint density at radius 2 is 1.89 bits per heavy atom. The van der Waals surface area contributed by atoms with Crippen molar-refractivity contribution in [2.75, 3.05) is 23.7 Å². The van der Waals surface area contributed by atoms with Crippen molar-refractivity contribution in [2.45, 2.75) is 37.8 Å². The molecular formula is C26H25Cl2FN6O2. The normalized spacial score (nSPS) is 16.6. The fourth-order valence-corrected chi connectivity index (χ4v) is 5.30. The average molecular weight is 543 g/mol. The summed E-state index contributed by atoms with van der Waals surface area (Å²) in [6, 6.07) is 6.22. The van der Waals surface area contributed by atoms with Gasteiger partial charge in [0.25, 0.3) is 0 Å². The third-order valence-electron chi connectivity index (χ3n) is 7.00. The topological polar surface area (TPSA) is 117 Å². The van der Waals surface area contributed by atoms with E-state index in [-0.39, 0.29) is 29.6 Å². The van der Waals surface area contributed by atoms with E-state index in [1.807, 2.05) is 4.90 Å². The van der Waals surface area contributed by atoms with Crippen molar-refractivity contribution in [1.29, 1.82) is 5.41 Å². The molecule has 1 amide bonds. The van der Waals surface area contributed by atoms with Crippen LogP contribution in [0.5, 0.6) is 5.75 Å². The summed E-state index contributed by atoms with van der Waals surface area (Å²) >= 11 is 12.3. The van der Waals surface area contributed by atoms with Gasteiger partial charge in [0.15, 0.2) is 11.6 Å². The van der Waals surface area contributed by atoms with Crippen LogP contribution in [0.1, 0.15) is 42.4 Å². The molecule has 2 saturated heterocycles. The number of carbonyl (C=O) groups excluding carboxylic acids is 1. The van der Waals surface area contributed by atoms with Crippen molar-refractivity contribution in [3.8, 4) is 5.75 Å². The minimum atomic E-state index is -0.512. The number of halogens is 3. The average Bonchev–Trinajstić information content (AvgIpc) is 3.24. The number of nitrogens with one attached hydrogen (secondary N) is 2. The number of rotatable bonds is 6. The molecule has 4 heterocycles. The van der Waals surface area contributed by atoms with Gasteiger partial charge in [-0.3, -0.25) is 15.2 Å². The Hall–Kier alpha value is -3.43. The van der Waals surface area contributed by atoms with Crippen LogP contribution in [0, 0.1) is 11.2 Å². The number of pyridine rings is 2. The smallest absolute Gasteiger partial charge is 0.220 e. The lowest BCUT2D eigenvalue weighted by Crippen LogP contribution is -2.51. The molecule has 0 saturated carbocycles. The molecule has 2 aliphatic heterocycles. The minimum Gasteiger partial charge on any atom is -0.489 e. The number of piperidine rings is 1. The lowest BCUT2D eigenvalue weighted by atomic mass is 9.86. The van der Waals surface area contributed by atoms with Crippen LogP contribution in [-0.4, -0.2) is 40.2 Å². The Kier molecular flexibility index (Phi) is 6.92. The predicted molar refractivity (Wildman–Crippen MR) is 141 cm³/mol. The van der Waals surface area contributed by atoms with Gasteiger partial charge in [-0.1, -0.05) is 23.2 Å². The van der Waals surface area contributed by atoms with Crippen LogP contribution in [0.25, 0.3) is 0 Å².